The van der Waals surface area contributed by atoms with Crippen molar-refractivity contribution in [2.75, 3.05) is 6.54 Å². The van der Waals surface area contributed by atoms with Crippen LogP contribution in [0, 0.1) is 25.2 Å². The van der Waals surface area contributed by atoms with Crippen LogP contribution in [-0.2, 0) is 6.54 Å². The summed E-state index contributed by atoms with van der Waals surface area (Å²) in [6.45, 7) is 10.2. The van der Waals surface area contributed by atoms with Crippen LogP contribution in [0.15, 0.2) is 4.79 Å². The van der Waals surface area contributed by atoms with Gasteiger partial charge >= 0.3 is 0 Å². The molecule has 2 aromatic heterocycles. The van der Waals surface area contributed by atoms with Crippen molar-refractivity contribution in [2.45, 2.75) is 40.7 Å². The normalized spacial score (nSPS) is 20.5. The lowest BCUT2D eigenvalue weighted by molar-refractivity contribution is 0.515. The van der Waals surface area contributed by atoms with Crippen LogP contribution < -0.4 is 10.9 Å². The van der Waals surface area contributed by atoms with E-state index in [1.807, 2.05) is 13.8 Å². The van der Waals surface area contributed by atoms with Gasteiger partial charge in [-0.25, -0.2) is 4.98 Å². The molecule has 1 fully saturated rings. The van der Waals surface area contributed by atoms with Gasteiger partial charge in [0.2, 0.25) is 0 Å². The van der Waals surface area contributed by atoms with Gasteiger partial charge < -0.3 is 10.3 Å². The summed E-state index contributed by atoms with van der Waals surface area (Å²) in [7, 11) is 0. The van der Waals surface area contributed by atoms with Gasteiger partial charge in [-0.1, -0.05) is 13.8 Å². The lowest BCUT2D eigenvalue weighted by Crippen LogP contribution is -2.22. The molecule has 3 rings (SSSR count). The number of rotatable bonds is 4. The van der Waals surface area contributed by atoms with E-state index in [0.717, 1.165) is 34.1 Å². The van der Waals surface area contributed by atoms with Crippen LogP contribution in [0.1, 0.15) is 36.5 Å². The smallest absolute Gasteiger partial charge is 0.259 e. The quantitative estimate of drug-likeness (QED) is 0.910. The van der Waals surface area contributed by atoms with Crippen molar-refractivity contribution in [1.82, 2.24) is 15.3 Å². The molecule has 0 amide bonds. The summed E-state index contributed by atoms with van der Waals surface area (Å²) in [5.41, 5.74) is 1.53. The number of nitrogens with zero attached hydrogens (tertiary/aromatic N) is 1. The minimum atomic E-state index is -0.0135. The number of thiophene rings is 1. The second kappa shape index (κ2) is 4.67. The van der Waals surface area contributed by atoms with E-state index < -0.39 is 0 Å². The maximum absolute atomic E-state index is 12.1. The highest BCUT2D eigenvalue weighted by Gasteiger charge is 2.44. The number of aryl methyl sites for hydroxylation is 2. The zero-order valence-electron chi connectivity index (χ0n) is 12.5. The predicted molar refractivity (Wildman–Crippen MR) is 83.3 cm³/mol. The molecule has 2 heterocycles. The number of hydrogen-bond acceptors (Lipinski definition) is 4. The van der Waals surface area contributed by atoms with Crippen LogP contribution in [-0.4, -0.2) is 16.5 Å². The first-order chi connectivity index (χ1) is 9.38. The molecule has 20 heavy (non-hydrogen) atoms. The fourth-order valence-corrected chi connectivity index (χ4v) is 3.72. The number of hydrogen-bond donors (Lipinski definition) is 2. The standard InChI is InChI=1S/C15H21N3OS/c1-8-9(2)20-14-12(8)13(19)17-11(18-14)7-16-6-10-5-15(10,3)4/h10,16H,5-7H2,1-4H3,(H,17,18,19). The number of aromatic nitrogens is 2. The summed E-state index contributed by atoms with van der Waals surface area (Å²) in [6.07, 6.45) is 1.28. The Hall–Kier alpha value is -1.20. The highest BCUT2D eigenvalue weighted by molar-refractivity contribution is 7.18. The van der Waals surface area contributed by atoms with Crippen LogP contribution >= 0.6 is 11.3 Å². The summed E-state index contributed by atoms with van der Waals surface area (Å²) < 4.78 is 0. The van der Waals surface area contributed by atoms with Crippen molar-refractivity contribution in [1.29, 1.82) is 0 Å². The van der Waals surface area contributed by atoms with Crippen LogP contribution in [0.3, 0.4) is 0 Å². The average Bonchev–Trinajstić information content (AvgIpc) is 2.84. The van der Waals surface area contributed by atoms with Gasteiger partial charge in [-0.2, -0.15) is 0 Å². The Morgan fingerprint density at radius 2 is 2.15 bits per heavy atom. The Balaban J connectivity index is 1.74. The molecule has 1 unspecified atom stereocenters. The van der Waals surface area contributed by atoms with Crippen molar-refractivity contribution in [3.05, 3.63) is 26.6 Å². The average molecular weight is 291 g/mol. The van der Waals surface area contributed by atoms with E-state index in [-0.39, 0.29) is 5.56 Å². The second-order valence-electron chi connectivity index (χ2n) is 6.50. The lowest BCUT2D eigenvalue weighted by atomic mass is 10.1. The van der Waals surface area contributed by atoms with E-state index in [0.29, 0.717) is 12.0 Å². The molecule has 1 aliphatic rings. The third-order valence-corrected chi connectivity index (χ3v) is 5.59. The van der Waals surface area contributed by atoms with Crippen LogP contribution in [0.4, 0.5) is 0 Å². The predicted octanol–water partition coefficient (Wildman–Crippen LogP) is 2.74. The molecule has 5 heteroatoms. The fourth-order valence-electron chi connectivity index (χ4n) is 2.67. The molecular weight excluding hydrogens is 270 g/mol. The van der Waals surface area contributed by atoms with E-state index in [1.165, 1.54) is 11.3 Å². The van der Waals surface area contributed by atoms with Gasteiger partial charge in [-0.3, -0.25) is 4.79 Å². The molecule has 0 aromatic carbocycles. The molecule has 1 atom stereocenters. The molecule has 2 N–H and O–H groups in total. The van der Waals surface area contributed by atoms with Gasteiger partial charge in [0.15, 0.2) is 0 Å². The maximum Gasteiger partial charge on any atom is 0.259 e. The van der Waals surface area contributed by atoms with E-state index in [1.54, 1.807) is 11.3 Å². The molecule has 0 aliphatic heterocycles. The Bertz CT molecular complexity index is 714. The molecule has 4 nitrogen and oxygen atoms in total. The Kier molecular flexibility index (Phi) is 3.21. The number of H-pyrrole nitrogens is 1. The molecule has 108 valence electrons. The van der Waals surface area contributed by atoms with Crippen molar-refractivity contribution in [2.24, 2.45) is 11.3 Å². The monoisotopic (exact) mass is 291 g/mol. The lowest BCUT2D eigenvalue weighted by Gasteiger charge is -2.06. The van der Waals surface area contributed by atoms with Gasteiger partial charge in [0.1, 0.15) is 10.7 Å². The SMILES string of the molecule is Cc1sc2nc(CNCC3CC3(C)C)[nH]c(=O)c2c1C. The van der Waals surface area contributed by atoms with Gasteiger partial charge in [0.25, 0.3) is 5.56 Å². The maximum atomic E-state index is 12.1. The molecular formula is C15H21N3OS. The topological polar surface area (TPSA) is 57.8 Å². The Morgan fingerprint density at radius 3 is 2.80 bits per heavy atom. The number of fused-ring (bicyclic) bond motifs is 1. The minimum Gasteiger partial charge on any atom is -0.310 e. The highest BCUT2D eigenvalue weighted by Crippen LogP contribution is 2.50. The van der Waals surface area contributed by atoms with E-state index in [9.17, 15) is 4.79 Å². The molecule has 1 aliphatic carbocycles. The minimum absolute atomic E-state index is 0.0135. The van der Waals surface area contributed by atoms with Crippen molar-refractivity contribution in [3.63, 3.8) is 0 Å². The zero-order chi connectivity index (χ0) is 14.5. The third kappa shape index (κ3) is 2.40. The largest absolute Gasteiger partial charge is 0.310 e. The molecule has 0 saturated heterocycles. The van der Waals surface area contributed by atoms with E-state index in [2.05, 4.69) is 29.1 Å². The number of aromatic amines is 1. The molecule has 2 aromatic rings. The third-order valence-electron chi connectivity index (χ3n) is 4.49. The van der Waals surface area contributed by atoms with Gasteiger partial charge in [0, 0.05) is 4.88 Å². The summed E-state index contributed by atoms with van der Waals surface area (Å²) in [5, 5.41) is 4.15. The molecule has 0 radical (unpaired) electrons. The van der Waals surface area contributed by atoms with Gasteiger partial charge in [-0.15, -0.1) is 11.3 Å². The van der Waals surface area contributed by atoms with Gasteiger partial charge in [0.05, 0.1) is 11.9 Å². The summed E-state index contributed by atoms with van der Waals surface area (Å²) in [4.78, 5) is 21.6. The number of nitrogens with one attached hydrogen (secondary N) is 2. The van der Waals surface area contributed by atoms with Crippen molar-refractivity contribution < 1.29 is 0 Å². The fraction of sp³-hybridized carbons (Fsp3) is 0.600. The summed E-state index contributed by atoms with van der Waals surface area (Å²) in [6, 6.07) is 0. The summed E-state index contributed by atoms with van der Waals surface area (Å²) in [5.74, 6) is 1.49. The summed E-state index contributed by atoms with van der Waals surface area (Å²) >= 11 is 1.60. The molecule has 1 saturated carbocycles. The highest BCUT2D eigenvalue weighted by atomic mass is 32.1. The Morgan fingerprint density at radius 1 is 1.45 bits per heavy atom. The van der Waals surface area contributed by atoms with Crippen molar-refractivity contribution in [3.8, 4) is 0 Å². The second-order valence-corrected chi connectivity index (χ2v) is 7.70. The van der Waals surface area contributed by atoms with Crippen molar-refractivity contribution >= 4 is 21.6 Å². The first kappa shape index (κ1) is 13.8. The molecule has 0 bridgehead atoms. The first-order valence-corrected chi connectivity index (χ1v) is 7.90. The van der Waals surface area contributed by atoms with Gasteiger partial charge in [-0.05, 0) is 43.7 Å². The van der Waals surface area contributed by atoms with Crippen LogP contribution in [0.5, 0.6) is 0 Å². The zero-order valence-corrected chi connectivity index (χ0v) is 13.3. The van der Waals surface area contributed by atoms with E-state index in [4.69, 9.17) is 0 Å². The molecule has 0 spiro atoms. The van der Waals surface area contributed by atoms with E-state index >= 15 is 0 Å². The first-order valence-electron chi connectivity index (χ1n) is 7.08. The van der Waals surface area contributed by atoms with Crippen LogP contribution in [0.25, 0.3) is 10.2 Å². The van der Waals surface area contributed by atoms with Crippen LogP contribution in [0.2, 0.25) is 0 Å². The Labute approximate surface area is 122 Å².